The van der Waals surface area contributed by atoms with Crippen molar-refractivity contribution in [3.05, 3.63) is 69.9 Å². The molecule has 4 rings (SSSR count). The predicted octanol–water partition coefficient (Wildman–Crippen LogP) is 5.91. The molecule has 0 saturated carbocycles. The van der Waals surface area contributed by atoms with E-state index in [0.717, 1.165) is 42.6 Å². The number of hydrogen-bond donors (Lipinski definition) is 1. The van der Waals surface area contributed by atoms with E-state index in [-0.39, 0.29) is 5.75 Å². The summed E-state index contributed by atoms with van der Waals surface area (Å²) in [4.78, 5) is 19.8. The van der Waals surface area contributed by atoms with Crippen LogP contribution >= 0.6 is 11.3 Å². The van der Waals surface area contributed by atoms with Gasteiger partial charge in [-0.05, 0) is 44.1 Å². The Labute approximate surface area is 185 Å². The molecule has 0 aliphatic rings. The average molecular weight is 435 g/mol. The van der Waals surface area contributed by atoms with Gasteiger partial charge in [0.05, 0.1) is 16.8 Å². The van der Waals surface area contributed by atoms with Crippen molar-refractivity contribution < 1.29 is 9.52 Å². The first-order valence-electron chi connectivity index (χ1n) is 10.6. The van der Waals surface area contributed by atoms with Gasteiger partial charge in [-0.1, -0.05) is 44.2 Å². The van der Waals surface area contributed by atoms with Gasteiger partial charge in [0.2, 0.25) is 0 Å². The largest absolute Gasteiger partial charge is 0.507 e. The third kappa shape index (κ3) is 4.55. The van der Waals surface area contributed by atoms with Crippen molar-refractivity contribution in [3.8, 4) is 27.6 Å². The molecule has 0 spiro atoms. The molecule has 0 unspecified atom stereocenters. The van der Waals surface area contributed by atoms with Crippen LogP contribution in [0.5, 0.6) is 5.75 Å². The molecule has 0 bridgehead atoms. The van der Waals surface area contributed by atoms with E-state index < -0.39 is 5.63 Å². The molecule has 0 saturated heterocycles. The molecule has 0 atom stereocenters. The highest BCUT2D eigenvalue weighted by atomic mass is 32.1. The number of fused-ring (bicyclic) bond motifs is 1. The summed E-state index contributed by atoms with van der Waals surface area (Å²) in [6.45, 7) is 6.66. The number of thiazole rings is 1. The molecular formula is C25H26N2O3S. The standard InChI is InChI=1S/C25H26N2O3S/c1-3-12-27(13-4-2)15-20-22(28)11-10-18-14-19(25(29)30-23(18)20)24-26-21(16-31-24)17-8-6-5-7-9-17/h5-11,14,16,28H,3-4,12-13,15H2,1-2H3. The molecular weight excluding hydrogens is 408 g/mol. The van der Waals surface area contributed by atoms with E-state index in [0.29, 0.717) is 28.3 Å². The molecule has 4 aromatic rings. The lowest BCUT2D eigenvalue weighted by Crippen LogP contribution is -2.25. The van der Waals surface area contributed by atoms with Gasteiger partial charge in [0, 0.05) is 22.9 Å². The van der Waals surface area contributed by atoms with E-state index in [1.807, 2.05) is 41.8 Å². The topological polar surface area (TPSA) is 66.6 Å². The number of aromatic hydroxyl groups is 1. The second-order valence-corrected chi connectivity index (χ2v) is 8.47. The monoisotopic (exact) mass is 434 g/mol. The quantitative estimate of drug-likeness (QED) is 0.349. The highest BCUT2D eigenvalue weighted by Crippen LogP contribution is 2.32. The fourth-order valence-electron chi connectivity index (χ4n) is 3.80. The third-order valence-corrected chi connectivity index (χ3v) is 6.12. The first-order valence-corrected chi connectivity index (χ1v) is 11.5. The average Bonchev–Trinajstić information content (AvgIpc) is 3.26. The maximum atomic E-state index is 12.9. The molecule has 1 N–H and O–H groups in total. The van der Waals surface area contributed by atoms with Crippen LogP contribution in [0.2, 0.25) is 0 Å². The number of hydrogen-bond acceptors (Lipinski definition) is 6. The number of aromatic nitrogens is 1. The van der Waals surface area contributed by atoms with E-state index in [2.05, 4.69) is 23.7 Å². The smallest absolute Gasteiger partial charge is 0.346 e. The Balaban J connectivity index is 1.74. The zero-order valence-corrected chi connectivity index (χ0v) is 18.6. The van der Waals surface area contributed by atoms with E-state index >= 15 is 0 Å². The lowest BCUT2D eigenvalue weighted by atomic mass is 10.1. The van der Waals surface area contributed by atoms with Crippen molar-refractivity contribution in [1.82, 2.24) is 9.88 Å². The molecule has 0 aliphatic carbocycles. The normalized spacial score (nSPS) is 11.5. The summed E-state index contributed by atoms with van der Waals surface area (Å²) in [5, 5.41) is 13.9. The molecule has 0 radical (unpaired) electrons. The summed E-state index contributed by atoms with van der Waals surface area (Å²) < 4.78 is 5.76. The molecule has 5 nitrogen and oxygen atoms in total. The van der Waals surface area contributed by atoms with Crippen molar-refractivity contribution in [2.45, 2.75) is 33.2 Å². The zero-order valence-electron chi connectivity index (χ0n) is 17.8. The van der Waals surface area contributed by atoms with Crippen molar-refractivity contribution in [2.24, 2.45) is 0 Å². The zero-order chi connectivity index (χ0) is 21.8. The minimum Gasteiger partial charge on any atom is -0.507 e. The van der Waals surface area contributed by atoms with Crippen LogP contribution in [-0.2, 0) is 6.54 Å². The second kappa shape index (κ2) is 9.45. The van der Waals surface area contributed by atoms with E-state index in [1.165, 1.54) is 11.3 Å². The summed E-state index contributed by atoms with van der Waals surface area (Å²) >= 11 is 1.42. The fraction of sp³-hybridized carbons (Fsp3) is 0.280. The Kier molecular flexibility index (Phi) is 6.49. The van der Waals surface area contributed by atoms with Crippen molar-refractivity contribution in [3.63, 3.8) is 0 Å². The Hall–Kier alpha value is -2.96. The van der Waals surface area contributed by atoms with Gasteiger partial charge in [0.25, 0.3) is 0 Å². The van der Waals surface area contributed by atoms with Gasteiger partial charge in [0.1, 0.15) is 16.3 Å². The van der Waals surface area contributed by atoms with E-state index in [4.69, 9.17) is 4.42 Å². The molecule has 2 aromatic carbocycles. The highest BCUT2D eigenvalue weighted by molar-refractivity contribution is 7.13. The van der Waals surface area contributed by atoms with Crippen LogP contribution in [0, 0.1) is 0 Å². The molecule has 0 amide bonds. The van der Waals surface area contributed by atoms with Crippen molar-refractivity contribution in [2.75, 3.05) is 13.1 Å². The van der Waals surface area contributed by atoms with Crippen LogP contribution in [0.15, 0.2) is 63.1 Å². The maximum Gasteiger partial charge on any atom is 0.346 e. The van der Waals surface area contributed by atoms with Crippen molar-refractivity contribution >= 4 is 22.3 Å². The highest BCUT2D eigenvalue weighted by Gasteiger charge is 2.18. The molecule has 2 aromatic heterocycles. The lowest BCUT2D eigenvalue weighted by molar-refractivity contribution is 0.262. The van der Waals surface area contributed by atoms with Crippen LogP contribution < -0.4 is 5.63 Å². The first kappa shape index (κ1) is 21.3. The number of phenolic OH excluding ortho intramolecular Hbond substituents is 1. The van der Waals surface area contributed by atoms with Gasteiger partial charge >= 0.3 is 5.63 Å². The molecule has 31 heavy (non-hydrogen) atoms. The number of rotatable bonds is 8. The Bertz CT molecular complexity index is 1220. The minimum atomic E-state index is -0.439. The SMILES string of the molecule is CCCN(CCC)Cc1c(O)ccc2cc(-c3nc(-c4ccccc4)cs3)c(=O)oc12. The van der Waals surface area contributed by atoms with Crippen LogP contribution in [-0.4, -0.2) is 28.1 Å². The first-order chi connectivity index (χ1) is 15.1. The van der Waals surface area contributed by atoms with E-state index in [1.54, 1.807) is 12.1 Å². The van der Waals surface area contributed by atoms with Gasteiger partial charge < -0.3 is 9.52 Å². The van der Waals surface area contributed by atoms with Gasteiger partial charge in [-0.3, -0.25) is 4.90 Å². The maximum absolute atomic E-state index is 12.9. The van der Waals surface area contributed by atoms with Crippen molar-refractivity contribution in [1.29, 1.82) is 0 Å². The third-order valence-electron chi connectivity index (χ3n) is 5.25. The number of nitrogens with zero attached hydrogens (tertiary/aromatic N) is 2. The Morgan fingerprint density at radius 1 is 1.06 bits per heavy atom. The molecule has 160 valence electrons. The summed E-state index contributed by atoms with van der Waals surface area (Å²) in [5.74, 6) is 0.154. The van der Waals surface area contributed by atoms with Gasteiger partial charge in [0.15, 0.2) is 0 Å². The Morgan fingerprint density at radius 3 is 2.52 bits per heavy atom. The molecule has 0 aliphatic heterocycles. The fourth-order valence-corrected chi connectivity index (χ4v) is 4.63. The van der Waals surface area contributed by atoms with Gasteiger partial charge in [-0.2, -0.15) is 0 Å². The van der Waals surface area contributed by atoms with Gasteiger partial charge in [-0.15, -0.1) is 11.3 Å². The summed E-state index contributed by atoms with van der Waals surface area (Å²) in [7, 11) is 0. The van der Waals surface area contributed by atoms with Crippen LogP contribution in [0.25, 0.3) is 32.8 Å². The van der Waals surface area contributed by atoms with Crippen LogP contribution in [0.4, 0.5) is 0 Å². The summed E-state index contributed by atoms with van der Waals surface area (Å²) in [6, 6.07) is 15.2. The van der Waals surface area contributed by atoms with Gasteiger partial charge in [-0.25, -0.2) is 9.78 Å². The lowest BCUT2D eigenvalue weighted by Gasteiger charge is -2.22. The predicted molar refractivity (Wildman–Crippen MR) is 127 cm³/mol. The van der Waals surface area contributed by atoms with E-state index in [9.17, 15) is 9.90 Å². The summed E-state index contributed by atoms with van der Waals surface area (Å²) in [5.41, 5.74) is 2.95. The number of phenols is 1. The van der Waals surface area contributed by atoms with Crippen LogP contribution in [0.3, 0.4) is 0 Å². The minimum absolute atomic E-state index is 0.154. The number of benzene rings is 2. The summed E-state index contributed by atoms with van der Waals surface area (Å²) in [6.07, 6.45) is 2.04. The second-order valence-electron chi connectivity index (χ2n) is 7.61. The molecule has 6 heteroatoms. The molecule has 0 fully saturated rings. The van der Waals surface area contributed by atoms with Crippen LogP contribution in [0.1, 0.15) is 32.3 Å². The molecule has 2 heterocycles. The Morgan fingerprint density at radius 2 is 1.81 bits per heavy atom.